The topological polar surface area (TPSA) is 125 Å². The lowest BCUT2D eigenvalue weighted by molar-refractivity contribution is -0.156. The van der Waals surface area contributed by atoms with Gasteiger partial charge in [-0.2, -0.15) is 0 Å². The molecule has 11 heteroatoms. The molecular weight excluding hydrogens is 385 g/mol. The minimum Gasteiger partial charge on any atom is -0.466 e. The Morgan fingerprint density at radius 1 is 1.04 bits per heavy atom. The highest BCUT2D eigenvalue weighted by molar-refractivity contribution is 5.99. The quantitative estimate of drug-likeness (QED) is 0.587. The predicted molar refractivity (Wildman–Crippen MR) is 88.1 cm³/mol. The van der Waals surface area contributed by atoms with Crippen molar-refractivity contribution in [1.29, 1.82) is 0 Å². The number of ether oxygens (including phenoxy) is 2. The maximum atomic E-state index is 13.8. The standard InChI is InChI=1S/C17H19F3N2O6/c1-3-27-12(23)7-9(17(26)28-4-2)14(15(21)24)22-16(25)13-10(19)5-8(18)6-11(13)20/h5-6,9,14H,3-4,7H2,1-2H3,(H2,21,24)(H,22,25)/t9-,14-/m0/s1. The monoisotopic (exact) mass is 404 g/mol. The normalized spacial score (nSPS) is 12.6. The highest BCUT2D eigenvalue weighted by Crippen LogP contribution is 2.18. The molecule has 0 aromatic heterocycles. The molecule has 0 saturated carbocycles. The van der Waals surface area contributed by atoms with Gasteiger partial charge in [0, 0.05) is 12.1 Å². The number of hydrogen-bond acceptors (Lipinski definition) is 6. The summed E-state index contributed by atoms with van der Waals surface area (Å²) >= 11 is 0. The highest BCUT2D eigenvalue weighted by atomic mass is 19.1. The summed E-state index contributed by atoms with van der Waals surface area (Å²) in [4.78, 5) is 47.9. The summed E-state index contributed by atoms with van der Waals surface area (Å²) in [5.41, 5.74) is 4.00. The van der Waals surface area contributed by atoms with Crippen LogP contribution >= 0.6 is 0 Å². The molecule has 1 aromatic carbocycles. The molecule has 3 N–H and O–H groups in total. The fourth-order valence-electron chi connectivity index (χ4n) is 2.33. The Morgan fingerprint density at radius 3 is 2.04 bits per heavy atom. The van der Waals surface area contributed by atoms with E-state index < -0.39 is 65.1 Å². The zero-order valence-corrected chi connectivity index (χ0v) is 15.1. The fraction of sp³-hybridized carbons (Fsp3) is 0.412. The van der Waals surface area contributed by atoms with E-state index in [9.17, 15) is 32.3 Å². The second kappa shape index (κ2) is 10.3. The van der Waals surface area contributed by atoms with E-state index in [1.165, 1.54) is 13.8 Å². The lowest BCUT2D eigenvalue weighted by Gasteiger charge is -2.23. The van der Waals surface area contributed by atoms with Gasteiger partial charge in [-0.3, -0.25) is 19.2 Å². The van der Waals surface area contributed by atoms with E-state index in [-0.39, 0.29) is 25.3 Å². The lowest BCUT2D eigenvalue weighted by Crippen LogP contribution is -2.52. The van der Waals surface area contributed by atoms with Crippen LogP contribution in [0.25, 0.3) is 0 Å². The Hall–Kier alpha value is -3.11. The zero-order chi connectivity index (χ0) is 21.4. The van der Waals surface area contributed by atoms with E-state index in [1.807, 2.05) is 5.32 Å². The van der Waals surface area contributed by atoms with Gasteiger partial charge in [-0.15, -0.1) is 0 Å². The lowest BCUT2D eigenvalue weighted by atomic mass is 9.95. The van der Waals surface area contributed by atoms with Crippen LogP contribution in [0.4, 0.5) is 13.2 Å². The first-order chi connectivity index (χ1) is 13.1. The van der Waals surface area contributed by atoms with Gasteiger partial charge in [0.25, 0.3) is 5.91 Å². The average Bonchev–Trinajstić information content (AvgIpc) is 2.57. The second-order valence-electron chi connectivity index (χ2n) is 5.47. The van der Waals surface area contributed by atoms with Gasteiger partial charge >= 0.3 is 11.9 Å². The number of benzene rings is 1. The van der Waals surface area contributed by atoms with Gasteiger partial charge in [0.2, 0.25) is 5.91 Å². The molecule has 154 valence electrons. The largest absolute Gasteiger partial charge is 0.466 e. The number of rotatable bonds is 9. The van der Waals surface area contributed by atoms with Crippen LogP contribution < -0.4 is 11.1 Å². The van der Waals surface area contributed by atoms with Gasteiger partial charge in [-0.25, -0.2) is 13.2 Å². The molecule has 0 unspecified atom stereocenters. The summed E-state index contributed by atoms with van der Waals surface area (Å²) in [6.07, 6.45) is -0.686. The van der Waals surface area contributed by atoms with E-state index >= 15 is 0 Å². The summed E-state index contributed by atoms with van der Waals surface area (Å²) in [5.74, 6) is -10.6. The van der Waals surface area contributed by atoms with Crippen LogP contribution in [-0.4, -0.2) is 43.0 Å². The minimum atomic E-state index is -1.85. The third kappa shape index (κ3) is 5.96. The number of nitrogens with two attached hydrogens (primary N) is 1. The number of halogens is 3. The van der Waals surface area contributed by atoms with Gasteiger partial charge in [0.05, 0.1) is 25.6 Å². The summed E-state index contributed by atoms with van der Waals surface area (Å²) in [5, 5.41) is 1.90. The Labute approximate surface area is 158 Å². The third-order valence-corrected chi connectivity index (χ3v) is 3.51. The van der Waals surface area contributed by atoms with E-state index in [4.69, 9.17) is 15.2 Å². The third-order valence-electron chi connectivity index (χ3n) is 3.51. The van der Waals surface area contributed by atoms with Gasteiger partial charge in [-0.1, -0.05) is 0 Å². The Kier molecular flexibility index (Phi) is 8.42. The van der Waals surface area contributed by atoms with Gasteiger partial charge in [-0.05, 0) is 13.8 Å². The number of esters is 2. The van der Waals surface area contributed by atoms with Crippen molar-refractivity contribution in [3.05, 3.63) is 35.1 Å². The Bertz CT molecular complexity index is 748. The van der Waals surface area contributed by atoms with Crippen molar-refractivity contribution < 1.29 is 41.8 Å². The zero-order valence-electron chi connectivity index (χ0n) is 15.1. The second-order valence-corrected chi connectivity index (χ2v) is 5.47. The van der Waals surface area contributed by atoms with E-state index in [1.54, 1.807) is 0 Å². The molecule has 8 nitrogen and oxygen atoms in total. The number of nitrogens with one attached hydrogen (secondary N) is 1. The molecule has 1 rings (SSSR count). The Balaban J connectivity index is 3.20. The van der Waals surface area contributed by atoms with Crippen LogP contribution in [-0.2, 0) is 23.9 Å². The molecule has 0 saturated heterocycles. The predicted octanol–water partition coefficient (Wildman–Crippen LogP) is 0.820. The van der Waals surface area contributed by atoms with Crippen molar-refractivity contribution in [1.82, 2.24) is 5.32 Å². The molecule has 0 spiro atoms. The van der Waals surface area contributed by atoms with Crippen molar-refractivity contribution in [2.24, 2.45) is 11.7 Å². The van der Waals surface area contributed by atoms with Crippen LogP contribution in [0.3, 0.4) is 0 Å². The number of amides is 2. The molecule has 28 heavy (non-hydrogen) atoms. The summed E-state index contributed by atoms with van der Waals surface area (Å²) in [6.45, 7) is 2.83. The summed E-state index contributed by atoms with van der Waals surface area (Å²) < 4.78 is 50.0. The van der Waals surface area contributed by atoms with Crippen molar-refractivity contribution >= 4 is 23.8 Å². The smallest absolute Gasteiger partial charge is 0.312 e. The number of primary amides is 1. The first-order valence-electron chi connectivity index (χ1n) is 8.19. The van der Waals surface area contributed by atoms with E-state index in [0.717, 1.165) is 0 Å². The molecule has 2 amide bonds. The fourth-order valence-corrected chi connectivity index (χ4v) is 2.33. The molecule has 0 aliphatic heterocycles. The number of carbonyl (C=O) groups excluding carboxylic acids is 4. The molecule has 0 radical (unpaired) electrons. The maximum absolute atomic E-state index is 13.8. The number of hydrogen-bond donors (Lipinski definition) is 2. The summed E-state index contributed by atoms with van der Waals surface area (Å²) in [6, 6.07) is -1.32. The first kappa shape index (κ1) is 22.9. The van der Waals surface area contributed by atoms with Gasteiger partial charge in [0.1, 0.15) is 29.1 Å². The van der Waals surface area contributed by atoms with Crippen molar-refractivity contribution in [3.63, 3.8) is 0 Å². The molecular formula is C17H19F3N2O6. The van der Waals surface area contributed by atoms with E-state index in [0.29, 0.717) is 0 Å². The molecule has 0 heterocycles. The SMILES string of the molecule is CCOC(=O)C[C@H](C(=O)OCC)[C@H](NC(=O)c1c(F)cc(F)cc1F)C(N)=O. The van der Waals surface area contributed by atoms with Crippen molar-refractivity contribution in [2.45, 2.75) is 26.3 Å². The van der Waals surface area contributed by atoms with Crippen LogP contribution in [0, 0.1) is 23.4 Å². The first-order valence-corrected chi connectivity index (χ1v) is 8.19. The minimum absolute atomic E-state index is 0.0199. The molecule has 0 bridgehead atoms. The van der Waals surface area contributed by atoms with Gasteiger partial charge in [0.15, 0.2) is 0 Å². The Morgan fingerprint density at radius 2 is 1.57 bits per heavy atom. The number of carbonyl (C=O) groups is 4. The molecule has 1 aromatic rings. The molecule has 2 atom stereocenters. The van der Waals surface area contributed by atoms with Crippen LogP contribution in [0.15, 0.2) is 12.1 Å². The molecule has 0 aliphatic carbocycles. The average molecular weight is 404 g/mol. The van der Waals surface area contributed by atoms with Crippen LogP contribution in [0.1, 0.15) is 30.6 Å². The van der Waals surface area contributed by atoms with Gasteiger partial charge < -0.3 is 20.5 Å². The maximum Gasteiger partial charge on any atom is 0.312 e. The van der Waals surface area contributed by atoms with Crippen molar-refractivity contribution in [3.8, 4) is 0 Å². The van der Waals surface area contributed by atoms with Crippen LogP contribution in [0.5, 0.6) is 0 Å². The molecule has 0 fully saturated rings. The molecule has 0 aliphatic rings. The van der Waals surface area contributed by atoms with Crippen LogP contribution in [0.2, 0.25) is 0 Å². The highest BCUT2D eigenvalue weighted by Gasteiger charge is 2.38. The summed E-state index contributed by atoms with van der Waals surface area (Å²) in [7, 11) is 0. The van der Waals surface area contributed by atoms with E-state index in [2.05, 4.69) is 0 Å². The van der Waals surface area contributed by atoms with Crippen molar-refractivity contribution in [2.75, 3.05) is 13.2 Å².